The van der Waals surface area contributed by atoms with Gasteiger partial charge in [0.05, 0.1) is 19.3 Å². The molecule has 0 saturated carbocycles. The summed E-state index contributed by atoms with van der Waals surface area (Å²) in [7, 11) is -1.63. The third-order valence-electron chi connectivity index (χ3n) is 14.4. The van der Waals surface area contributed by atoms with Crippen LogP contribution in [0.25, 0.3) is 53.5 Å². The summed E-state index contributed by atoms with van der Waals surface area (Å²) < 4.78 is 2.43. The zero-order chi connectivity index (χ0) is 45.3. The van der Waals surface area contributed by atoms with E-state index in [4.69, 9.17) is 9.97 Å². The number of ketones is 1. The van der Waals surface area contributed by atoms with Gasteiger partial charge in [-0.25, -0.2) is 4.98 Å². The maximum Gasteiger partial charge on any atom is 0.162 e. The van der Waals surface area contributed by atoms with Gasteiger partial charge in [0.2, 0.25) is 0 Å². The van der Waals surface area contributed by atoms with Gasteiger partial charge in [-0.3, -0.25) is 9.78 Å². The fraction of sp³-hybridized carbons (Fsp3) is 0.482. The molecule has 0 unspecified atom stereocenters. The Labute approximate surface area is 397 Å². The van der Waals surface area contributed by atoms with Gasteiger partial charge in [0, 0.05) is 58.5 Å². The summed E-state index contributed by atoms with van der Waals surface area (Å²) in [6.07, 6.45) is 8.99. The normalized spacial score (nSPS) is 17.2. The molecule has 8 rings (SSSR count). The van der Waals surface area contributed by atoms with Crippen molar-refractivity contribution in [3.63, 3.8) is 0 Å². The van der Waals surface area contributed by atoms with Crippen LogP contribution in [0.2, 0.25) is 19.6 Å². The van der Waals surface area contributed by atoms with E-state index < -0.39 is 8.07 Å². The van der Waals surface area contributed by atoms with Crippen LogP contribution in [0.3, 0.4) is 0 Å². The van der Waals surface area contributed by atoms with Crippen LogP contribution >= 0.6 is 11.3 Å². The van der Waals surface area contributed by atoms with Crippen molar-refractivity contribution in [2.24, 2.45) is 11.8 Å². The number of hydrogen-bond acceptors (Lipinski definition) is 5. The van der Waals surface area contributed by atoms with Gasteiger partial charge in [-0.1, -0.05) is 150 Å². The fourth-order valence-electron chi connectivity index (χ4n) is 11.7. The number of rotatable bonds is 10. The van der Waals surface area contributed by atoms with Gasteiger partial charge >= 0.3 is 0 Å². The molecule has 6 aromatic rings. The molecule has 0 saturated heterocycles. The van der Waals surface area contributed by atoms with Crippen LogP contribution < -0.4 is 5.19 Å². The summed E-state index contributed by atoms with van der Waals surface area (Å²) in [5.41, 5.74) is 12.7. The average molecular weight is 1060 g/mol. The second-order valence-electron chi connectivity index (χ2n) is 22.1. The molecule has 337 valence electrons. The smallest absolute Gasteiger partial charge is 0.162 e. The number of nitrogens with zero attached hydrogens (tertiary/aromatic N) is 2. The molecule has 2 aliphatic rings. The van der Waals surface area contributed by atoms with Crippen molar-refractivity contribution in [2.45, 2.75) is 163 Å². The van der Waals surface area contributed by atoms with Crippen molar-refractivity contribution in [1.82, 2.24) is 9.97 Å². The SMILES string of the molecule is CC1(C)CC(C)(C)c2c1cc1c(c2-c2ccc3c(c2)sc2c(-c4[c-]c5ccccc5c([Si](C)(C)C)c4)ncnc23)C(C)(C)CC1(C)C.CCC(CC)C(=O)/C=C(\O)C(CC)CC.[Ir]. The van der Waals surface area contributed by atoms with E-state index in [1.807, 2.05) is 39.0 Å². The minimum absolute atomic E-state index is 0. The number of aromatic nitrogens is 2. The molecule has 2 aromatic heterocycles. The third kappa shape index (κ3) is 8.95. The summed E-state index contributed by atoms with van der Waals surface area (Å²) >= 11 is 1.84. The quantitative estimate of drug-likeness (QED) is 0.0643. The van der Waals surface area contributed by atoms with E-state index in [9.17, 15) is 9.90 Å². The summed E-state index contributed by atoms with van der Waals surface area (Å²) in [5, 5.41) is 14.9. The van der Waals surface area contributed by atoms with Gasteiger partial charge in [0.25, 0.3) is 0 Å². The Morgan fingerprint density at radius 2 is 1.33 bits per heavy atom. The molecule has 4 nitrogen and oxygen atoms in total. The molecule has 0 atom stereocenters. The topological polar surface area (TPSA) is 63.1 Å². The molecule has 0 amide bonds. The summed E-state index contributed by atoms with van der Waals surface area (Å²) in [4.78, 5) is 21.5. The van der Waals surface area contributed by atoms with Gasteiger partial charge in [-0.2, -0.15) is 0 Å². The van der Waals surface area contributed by atoms with Crippen molar-refractivity contribution < 1.29 is 30.0 Å². The molecule has 0 bridgehead atoms. The zero-order valence-electron chi connectivity index (χ0n) is 40.7. The maximum atomic E-state index is 11.7. The van der Waals surface area contributed by atoms with Gasteiger partial charge in [0.1, 0.15) is 6.33 Å². The van der Waals surface area contributed by atoms with Crippen molar-refractivity contribution in [3.8, 4) is 22.4 Å². The van der Waals surface area contributed by atoms with Gasteiger partial charge < -0.3 is 5.11 Å². The van der Waals surface area contributed by atoms with Gasteiger partial charge in [0.15, 0.2) is 5.78 Å². The molecule has 0 spiro atoms. The number of carbonyl (C=O) groups excluding carboxylic acids is 1. The van der Waals surface area contributed by atoms with E-state index in [2.05, 4.69) is 136 Å². The minimum Gasteiger partial charge on any atom is -0.512 e. The van der Waals surface area contributed by atoms with Gasteiger partial charge in [-0.05, 0) is 99.6 Å². The molecular weight excluding hydrogens is 985 g/mol. The van der Waals surface area contributed by atoms with E-state index in [1.165, 1.54) is 43.2 Å². The molecule has 1 radical (unpaired) electrons. The molecule has 1 N–H and O–H groups in total. The molecule has 2 heterocycles. The van der Waals surface area contributed by atoms with E-state index in [0.717, 1.165) is 60.0 Å². The van der Waals surface area contributed by atoms with Crippen LogP contribution in [0, 0.1) is 17.9 Å². The number of aliphatic hydroxyl groups excluding tert-OH is 1. The summed E-state index contributed by atoms with van der Waals surface area (Å²) in [6.45, 7) is 35.1. The van der Waals surface area contributed by atoms with E-state index >= 15 is 0 Å². The number of aliphatic hydroxyl groups is 1. The molecule has 63 heavy (non-hydrogen) atoms. The average Bonchev–Trinajstić information content (AvgIpc) is 3.73. The van der Waals surface area contributed by atoms with Crippen LogP contribution in [-0.4, -0.2) is 28.9 Å². The van der Waals surface area contributed by atoms with Crippen LogP contribution in [0.1, 0.15) is 144 Å². The largest absolute Gasteiger partial charge is 0.512 e. The Bertz CT molecular complexity index is 2670. The molecule has 7 heteroatoms. The Morgan fingerprint density at radius 3 is 1.89 bits per heavy atom. The molecule has 4 aromatic carbocycles. The zero-order valence-corrected chi connectivity index (χ0v) is 45.0. The number of carbonyl (C=O) groups is 1. The first kappa shape index (κ1) is 49.0. The molecular formula is C56H71IrN2O2SSi-. The number of allylic oxidation sites excluding steroid dienone is 2. The Hall–Kier alpha value is -3.48. The number of fused-ring (bicyclic) bond motifs is 6. The molecule has 2 aliphatic carbocycles. The van der Waals surface area contributed by atoms with Crippen molar-refractivity contribution in [3.05, 3.63) is 101 Å². The second kappa shape index (κ2) is 17.7. The molecule has 0 fully saturated rings. The second-order valence-corrected chi connectivity index (χ2v) is 28.2. The van der Waals surface area contributed by atoms with Crippen LogP contribution in [0.15, 0.2) is 72.8 Å². The van der Waals surface area contributed by atoms with E-state index in [0.29, 0.717) is 0 Å². The van der Waals surface area contributed by atoms with Gasteiger partial charge in [-0.15, -0.1) is 40.1 Å². The van der Waals surface area contributed by atoms with E-state index in [1.54, 1.807) is 28.6 Å². The molecule has 0 aliphatic heterocycles. The maximum absolute atomic E-state index is 11.7. The standard InChI is InChI=1S/C43H47N2SSi.C13H24O2.Ir/c1-40(2)22-42(5,6)35-30(40)21-31-36(43(7,8)23-41(31,3)4)34(35)26-16-17-29-32(19-26)46-39-37(44-24-45-38(29)39)27-18-25-14-12-13-15-28(25)33(20-27)47(9,10)11;1-5-10(6-2)12(14)9-13(15)11(7-3)8-4;/h12-17,19-21,24H,22-23H2,1-11H3;9-11,14H,5-8H2,1-4H3;/q-1;;/b;12-9-;. The predicted molar refractivity (Wildman–Crippen MR) is 270 cm³/mol. The van der Waals surface area contributed by atoms with Crippen LogP contribution in [0.5, 0.6) is 0 Å². The van der Waals surface area contributed by atoms with Crippen molar-refractivity contribution in [1.29, 1.82) is 0 Å². The first-order chi connectivity index (χ1) is 29.0. The Kier molecular flexibility index (Phi) is 13.8. The monoisotopic (exact) mass is 1060 g/mol. The summed E-state index contributed by atoms with van der Waals surface area (Å²) in [6, 6.07) is 24.7. The first-order valence-electron chi connectivity index (χ1n) is 23.3. The number of hydrogen-bond donors (Lipinski definition) is 1. The fourth-order valence-corrected chi connectivity index (χ4v) is 14.5. The third-order valence-corrected chi connectivity index (χ3v) is 17.5. The Balaban J connectivity index is 0.000000356. The number of benzene rings is 4. The predicted octanol–water partition coefficient (Wildman–Crippen LogP) is 15.5. The number of thiophene rings is 1. The minimum atomic E-state index is -1.63. The first-order valence-corrected chi connectivity index (χ1v) is 27.6. The van der Waals surface area contributed by atoms with Crippen LogP contribution in [0.4, 0.5) is 0 Å². The van der Waals surface area contributed by atoms with Crippen molar-refractivity contribution in [2.75, 3.05) is 0 Å². The Morgan fingerprint density at radius 1 is 0.762 bits per heavy atom. The van der Waals surface area contributed by atoms with E-state index in [-0.39, 0.29) is 65.1 Å². The van der Waals surface area contributed by atoms with Crippen molar-refractivity contribution >= 4 is 61.5 Å². The van der Waals surface area contributed by atoms with Crippen LogP contribution in [-0.2, 0) is 46.6 Å². The summed E-state index contributed by atoms with van der Waals surface area (Å²) in [5.74, 6) is 0.547.